The molecule has 0 saturated heterocycles. The smallest absolute Gasteiger partial charge is 0.159 e. The summed E-state index contributed by atoms with van der Waals surface area (Å²) in [5, 5.41) is 0. The molecule has 0 fully saturated rings. The molecule has 1 aromatic carbocycles. The van der Waals surface area contributed by atoms with Crippen LogP contribution in [0.4, 0.5) is 4.39 Å². The molecule has 0 unspecified atom stereocenters. The first-order valence-electron chi connectivity index (χ1n) is 5.92. The van der Waals surface area contributed by atoms with E-state index in [1.807, 2.05) is 10.8 Å². The van der Waals surface area contributed by atoms with Gasteiger partial charge in [-0.2, -0.15) is 0 Å². The Morgan fingerprint density at radius 3 is 2.94 bits per heavy atom. The molecule has 0 atom stereocenters. The lowest BCUT2D eigenvalue weighted by Gasteiger charge is -2.06. The molecule has 4 heteroatoms. The van der Waals surface area contributed by atoms with Crippen LogP contribution in [0, 0.1) is 5.82 Å². The third-order valence-electron chi connectivity index (χ3n) is 2.87. The molecular formula is C14H15FN2O. The van der Waals surface area contributed by atoms with Gasteiger partial charge in [0.2, 0.25) is 0 Å². The Morgan fingerprint density at radius 2 is 2.28 bits per heavy atom. The Kier molecular flexibility index (Phi) is 3.87. The molecule has 3 nitrogen and oxygen atoms in total. The third-order valence-corrected chi connectivity index (χ3v) is 2.87. The Labute approximate surface area is 105 Å². The van der Waals surface area contributed by atoms with Crippen molar-refractivity contribution in [2.45, 2.75) is 26.3 Å². The van der Waals surface area contributed by atoms with Crippen molar-refractivity contribution in [1.29, 1.82) is 0 Å². The summed E-state index contributed by atoms with van der Waals surface area (Å²) in [5.74, 6) is -0.281. The quantitative estimate of drug-likeness (QED) is 0.760. The van der Waals surface area contributed by atoms with Gasteiger partial charge in [-0.15, -0.1) is 0 Å². The summed E-state index contributed by atoms with van der Waals surface area (Å²) in [7, 11) is 0. The molecular weight excluding hydrogens is 231 g/mol. The van der Waals surface area contributed by atoms with E-state index in [1.54, 1.807) is 18.6 Å². The molecule has 0 N–H and O–H groups in total. The van der Waals surface area contributed by atoms with Crippen molar-refractivity contribution < 1.29 is 9.18 Å². The lowest BCUT2D eigenvalue weighted by Crippen LogP contribution is -2.00. The number of Topliss-reactive ketones (excluding diaryl/α,β-unsaturated/α-hetero) is 1. The molecule has 0 saturated carbocycles. The predicted molar refractivity (Wildman–Crippen MR) is 67.0 cm³/mol. The van der Waals surface area contributed by atoms with Crippen LogP contribution in [0.5, 0.6) is 0 Å². The van der Waals surface area contributed by atoms with Gasteiger partial charge in [-0.05, 0) is 43.5 Å². The number of halogens is 1. The van der Waals surface area contributed by atoms with E-state index in [-0.39, 0.29) is 11.6 Å². The van der Waals surface area contributed by atoms with Gasteiger partial charge in [0, 0.05) is 24.5 Å². The number of imidazole rings is 1. The van der Waals surface area contributed by atoms with Crippen molar-refractivity contribution in [2.24, 2.45) is 0 Å². The lowest BCUT2D eigenvalue weighted by atomic mass is 10.0. The van der Waals surface area contributed by atoms with E-state index in [2.05, 4.69) is 4.98 Å². The van der Waals surface area contributed by atoms with Crippen molar-refractivity contribution in [2.75, 3.05) is 0 Å². The summed E-state index contributed by atoms with van der Waals surface area (Å²) >= 11 is 0. The minimum Gasteiger partial charge on any atom is -0.337 e. The molecule has 0 radical (unpaired) electrons. The number of ketones is 1. The number of benzene rings is 1. The Hall–Kier alpha value is -1.97. The Bertz CT molecular complexity index is 535. The second kappa shape index (κ2) is 5.58. The van der Waals surface area contributed by atoms with Gasteiger partial charge in [0.25, 0.3) is 0 Å². The molecule has 94 valence electrons. The Morgan fingerprint density at radius 1 is 1.44 bits per heavy atom. The van der Waals surface area contributed by atoms with Crippen LogP contribution in [0.15, 0.2) is 36.9 Å². The zero-order chi connectivity index (χ0) is 13.0. The number of aryl methyl sites for hydroxylation is 2. The van der Waals surface area contributed by atoms with Crippen molar-refractivity contribution >= 4 is 5.78 Å². The van der Waals surface area contributed by atoms with Crippen molar-refractivity contribution in [3.8, 4) is 0 Å². The third kappa shape index (κ3) is 3.03. The van der Waals surface area contributed by atoms with E-state index in [1.165, 1.54) is 19.1 Å². The SMILES string of the molecule is CC(=O)c1ccc(F)c(CCCn2ccnc2)c1. The highest BCUT2D eigenvalue weighted by atomic mass is 19.1. The van der Waals surface area contributed by atoms with Gasteiger partial charge < -0.3 is 4.57 Å². The van der Waals surface area contributed by atoms with Gasteiger partial charge in [-0.3, -0.25) is 4.79 Å². The van der Waals surface area contributed by atoms with Gasteiger partial charge in [0.1, 0.15) is 5.82 Å². The second-order valence-corrected chi connectivity index (χ2v) is 4.27. The molecule has 1 aromatic heterocycles. The van der Waals surface area contributed by atoms with Crippen molar-refractivity contribution in [1.82, 2.24) is 9.55 Å². The number of rotatable bonds is 5. The van der Waals surface area contributed by atoms with Gasteiger partial charge in [-0.25, -0.2) is 9.37 Å². The first kappa shape index (κ1) is 12.5. The average molecular weight is 246 g/mol. The topological polar surface area (TPSA) is 34.9 Å². The van der Waals surface area contributed by atoms with Crippen LogP contribution in [0.3, 0.4) is 0 Å². The van der Waals surface area contributed by atoms with Gasteiger partial charge in [-0.1, -0.05) is 0 Å². The summed E-state index contributed by atoms with van der Waals surface area (Å²) in [6, 6.07) is 4.53. The van der Waals surface area contributed by atoms with E-state index in [0.717, 1.165) is 13.0 Å². The number of nitrogens with zero attached hydrogens (tertiary/aromatic N) is 2. The molecule has 0 aliphatic heterocycles. The zero-order valence-corrected chi connectivity index (χ0v) is 10.3. The number of carbonyl (C=O) groups is 1. The summed E-state index contributed by atoms with van der Waals surface area (Å²) in [6.07, 6.45) is 6.77. The van der Waals surface area contributed by atoms with Crippen LogP contribution in [-0.4, -0.2) is 15.3 Å². The van der Waals surface area contributed by atoms with Crippen LogP contribution in [0.1, 0.15) is 29.3 Å². The first-order valence-corrected chi connectivity index (χ1v) is 5.92. The largest absolute Gasteiger partial charge is 0.337 e. The second-order valence-electron chi connectivity index (χ2n) is 4.27. The number of aromatic nitrogens is 2. The maximum absolute atomic E-state index is 13.6. The van der Waals surface area contributed by atoms with Crippen LogP contribution < -0.4 is 0 Å². The average Bonchev–Trinajstić information content (AvgIpc) is 2.84. The molecule has 2 rings (SSSR count). The monoisotopic (exact) mass is 246 g/mol. The molecule has 1 heterocycles. The van der Waals surface area contributed by atoms with Crippen molar-refractivity contribution in [3.05, 3.63) is 53.9 Å². The van der Waals surface area contributed by atoms with E-state index in [4.69, 9.17) is 0 Å². The first-order chi connectivity index (χ1) is 8.66. The standard InChI is InChI=1S/C14H15FN2O/c1-11(18)12-4-5-14(15)13(9-12)3-2-7-17-8-6-16-10-17/h4-6,8-10H,2-3,7H2,1H3. The van der Waals surface area contributed by atoms with E-state index < -0.39 is 0 Å². The number of carbonyl (C=O) groups excluding carboxylic acids is 1. The van der Waals surface area contributed by atoms with Crippen molar-refractivity contribution in [3.63, 3.8) is 0 Å². The van der Waals surface area contributed by atoms with Gasteiger partial charge >= 0.3 is 0 Å². The highest BCUT2D eigenvalue weighted by Crippen LogP contribution is 2.13. The highest BCUT2D eigenvalue weighted by molar-refractivity contribution is 5.94. The normalized spacial score (nSPS) is 10.6. The zero-order valence-electron chi connectivity index (χ0n) is 10.3. The predicted octanol–water partition coefficient (Wildman–Crippen LogP) is 2.86. The summed E-state index contributed by atoms with van der Waals surface area (Å²) in [6.45, 7) is 2.28. The minimum atomic E-state index is -0.245. The van der Waals surface area contributed by atoms with Gasteiger partial charge in [0.15, 0.2) is 5.78 Å². The molecule has 18 heavy (non-hydrogen) atoms. The molecule has 0 bridgehead atoms. The maximum atomic E-state index is 13.6. The fraction of sp³-hybridized carbons (Fsp3) is 0.286. The fourth-order valence-corrected chi connectivity index (χ4v) is 1.86. The summed E-state index contributed by atoms with van der Waals surface area (Å²) in [4.78, 5) is 15.2. The fourth-order valence-electron chi connectivity index (χ4n) is 1.86. The molecule has 0 aliphatic carbocycles. The minimum absolute atomic E-state index is 0.0362. The number of hydrogen-bond acceptors (Lipinski definition) is 2. The van der Waals surface area contributed by atoms with Crippen LogP contribution in [0.25, 0.3) is 0 Å². The number of hydrogen-bond donors (Lipinski definition) is 0. The summed E-state index contributed by atoms with van der Waals surface area (Å²) < 4.78 is 15.5. The molecule has 0 spiro atoms. The van der Waals surface area contributed by atoms with E-state index in [9.17, 15) is 9.18 Å². The maximum Gasteiger partial charge on any atom is 0.159 e. The van der Waals surface area contributed by atoms with Crippen LogP contribution in [0.2, 0.25) is 0 Å². The molecule has 0 aliphatic rings. The van der Waals surface area contributed by atoms with E-state index >= 15 is 0 Å². The highest BCUT2D eigenvalue weighted by Gasteiger charge is 2.06. The molecule has 0 amide bonds. The van der Waals surface area contributed by atoms with Crippen LogP contribution in [-0.2, 0) is 13.0 Å². The Balaban J connectivity index is 2.00. The lowest BCUT2D eigenvalue weighted by molar-refractivity contribution is 0.101. The summed E-state index contributed by atoms with van der Waals surface area (Å²) in [5.41, 5.74) is 1.16. The van der Waals surface area contributed by atoms with Crippen LogP contribution >= 0.6 is 0 Å². The van der Waals surface area contributed by atoms with E-state index in [0.29, 0.717) is 17.5 Å². The molecule has 2 aromatic rings. The van der Waals surface area contributed by atoms with Gasteiger partial charge in [0.05, 0.1) is 6.33 Å².